The summed E-state index contributed by atoms with van der Waals surface area (Å²) in [6, 6.07) is 0. The Hall–Kier alpha value is -0.460. The Balaban J connectivity index is 0.00000169. The Labute approximate surface area is 89.4 Å². The second kappa shape index (κ2) is 4.37. The highest BCUT2D eigenvalue weighted by Gasteiger charge is 2.38. The minimum atomic E-state index is -4.50. The predicted octanol–water partition coefficient (Wildman–Crippen LogP) is 1.97. The third-order valence-corrected chi connectivity index (χ3v) is 2.01. The fourth-order valence-corrected chi connectivity index (χ4v) is 1.16. The van der Waals surface area contributed by atoms with Crippen LogP contribution in [0.5, 0.6) is 0 Å². The molecular weight excluding hydrogens is 242 g/mol. The second-order valence-corrected chi connectivity index (χ2v) is 2.80. The highest BCUT2D eigenvalue weighted by Crippen LogP contribution is 2.33. The van der Waals surface area contributed by atoms with E-state index in [-0.39, 0.29) is 29.7 Å². The molecule has 0 amide bonds. The number of rotatable bonds is 1. The molecule has 1 aromatic heterocycles. The van der Waals surface area contributed by atoms with Crippen LogP contribution < -0.4 is 5.73 Å². The molecule has 0 fully saturated rings. The molecule has 0 spiro atoms. The average molecular weight is 250 g/mol. The van der Waals surface area contributed by atoms with E-state index in [0.29, 0.717) is 0 Å². The number of halogens is 5. The molecule has 3 nitrogen and oxygen atoms in total. The maximum atomic E-state index is 12.2. The lowest BCUT2D eigenvalue weighted by Crippen LogP contribution is -2.11. The molecule has 14 heavy (non-hydrogen) atoms. The lowest BCUT2D eigenvalue weighted by Gasteiger charge is -2.03. The van der Waals surface area contributed by atoms with Crippen LogP contribution in [-0.2, 0) is 19.8 Å². The Morgan fingerprint density at radius 1 is 1.50 bits per heavy atom. The molecule has 0 atom stereocenters. The van der Waals surface area contributed by atoms with Gasteiger partial charge in [-0.05, 0) is 0 Å². The van der Waals surface area contributed by atoms with Crippen LogP contribution in [0.4, 0.5) is 13.2 Å². The molecular formula is C6H8Cl2F3N3. The van der Waals surface area contributed by atoms with Crippen molar-refractivity contribution in [1.29, 1.82) is 0 Å². The highest BCUT2D eigenvalue weighted by molar-refractivity contribution is 6.30. The summed E-state index contributed by atoms with van der Waals surface area (Å²) in [5.74, 6) is 0. The molecule has 1 aromatic rings. The van der Waals surface area contributed by atoms with Gasteiger partial charge in [0.05, 0.1) is 0 Å². The van der Waals surface area contributed by atoms with Crippen LogP contribution in [0.1, 0.15) is 11.3 Å². The molecule has 0 saturated carbocycles. The smallest absolute Gasteiger partial charge is 0.326 e. The number of alkyl halides is 3. The first-order chi connectivity index (χ1) is 5.88. The minimum Gasteiger partial charge on any atom is -0.326 e. The van der Waals surface area contributed by atoms with Gasteiger partial charge in [-0.1, -0.05) is 11.6 Å². The largest absolute Gasteiger partial charge is 0.435 e. The molecule has 8 heteroatoms. The van der Waals surface area contributed by atoms with Gasteiger partial charge in [-0.15, -0.1) is 12.4 Å². The lowest BCUT2D eigenvalue weighted by molar-refractivity contribution is -0.142. The van der Waals surface area contributed by atoms with Gasteiger partial charge in [0.25, 0.3) is 0 Å². The molecule has 0 aliphatic heterocycles. The van der Waals surface area contributed by atoms with E-state index in [9.17, 15) is 13.2 Å². The summed E-state index contributed by atoms with van der Waals surface area (Å²) < 4.78 is 37.7. The standard InChI is InChI=1S/C6H7ClF3N3.ClH/c1-13-5(7)3(2-11)4(12-13)6(8,9)10;/h2,11H2,1H3;1H. The van der Waals surface area contributed by atoms with Crippen LogP contribution in [0.2, 0.25) is 5.15 Å². The van der Waals surface area contributed by atoms with Gasteiger partial charge >= 0.3 is 6.18 Å². The number of hydrogen-bond donors (Lipinski definition) is 1. The van der Waals surface area contributed by atoms with Crippen LogP contribution in [0, 0.1) is 0 Å². The Morgan fingerprint density at radius 2 is 2.00 bits per heavy atom. The highest BCUT2D eigenvalue weighted by atomic mass is 35.5. The van der Waals surface area contributed by atoms with Gasteiger partial charge < -0.3 is 5.73 Å². The van der Waals surface area contributed by atoms with Crippen molar-refractivity contribution < 1.29 is 13.2 Å². The molecule has 0 unspecified atom stereocenters. The summed E-state index contributed by atoms with van der Waals surface area (Å²) in [6.07, 6.45) is -4.50. The zero-order chi connectivity index (χ0) is 10.2. The molecule has 0 saturated heterocycles. The first kappa shape index (κ1) is 13.5. The predicted molar refractivity (Wildman–Crippen MR) is 48.4 cm³/mol. The van der Waals surface area contributed by atoms with Crippen molar-refractivity contribution in [1.82, 2.24) is 9.78 Å². The quantitative estimate of drug-likeness (QED) is 0.828. The maximum Gasteiger partial charge on any atom is 0.435 e. The minimum absolute atomic E-state index is 0. The SMILES string of the molecule is Cl.Cn1nc(C(F)(F)F)c(CN)c1Cl. The Morgan fingerprint density at radius 3 is 2.29 bits per heavy atom. The van der Waals surface area contributed by atoms with Gasteiger partial charge in [0.15, 0.2) is 5.69 Å². The van der Waals surface area contributed by atoms with Crippen molar-refractivity contribution in [2.24, 2.45) is 12.8 Å². The van der Waals surface area contributed by atoms with E-state index >= 15 is 0 Å². The van der Waals surface area contributed by atoms with Gasteiger partial charge in [-0.25, -0.2) is 0 Å². The fourth-order valence-electron chi connectivity index (χ4n) is 0.956. The molecule has 0 aliphatic carbocycles. The zero-order valence-corrected chi connectivity index (χ0v) is 8.67. The monoisotopic (exact) mass is 249 g/mol. The van der Waals surface area contributed by atoms with Gasteiger partial charge in [0, 0.05) is 19.2 Å². The zero-order valence-electron chi connectivity index (χ0n) is 7.10. The van der Waals surface area contributed by atoms with Crippen molar-refractivity contribution in [3.63, 3.8) is 0 Å². The van der Waals surface area contributed by atoms with Crippen LogP contribution in [0.15, 0.2) is 0 Å². The molecule has 0 aliphatic rings. The van der Waals surface area contributed by atoms with Gasteiger partial charge in [0.1, 0.15) is 5.15 Å². The first-order valence-electron chi connectivity index (χ1n) is 3.36. The summed E-state index contributed by atoms with van der Waals surface area (Å²) >= 11 is 5.54. The Kier molecular flexibility index (Phi) is 4.23. The van der Waals surface area contributed by atoms with E-state index in [4.69, 9.17) is 17.3 Å². The van der Waals surface area contributed by atoms with Crippen LogP contribution in [0.25, 0.3) is 0 Å². The van der Waals surface area contributed by atoms with Crippen molar-refractivity contribution in [2.45, 2.75) is 12.7 Å². The van der Waals surface area contributed by atoms with Crippen molar-refractivity contribution in [3.05, 3.63) is 16.4 Å². The van der Waals surface area contributed by atoms with E-state index in [2.05, 4.69) is 5.10 Å². The molecule has 1 heterocycles. The second-order valence-electron chi connectivity index (χ2n) is 2.44. The molecule has 2 N–H and O–H groups in total. The Bertz CT molecular complexity index is 321. The number of aromatic nitrogens is 2. The van der Waals surface area contributed by atoms with E-state index in [0.717, 1.165) is 4.68 Å². The average Bonchev–Trinajstić information content (AvgIpc) is 2.28. The van der Waals surface area contributed by atoms with Crippen LogP contribution >= 0.6 is 24.0 Å². The molecule has 0 bridgehead atoms. The molecule has 0 radical (unpaired) electrons. The third-order valence-electron chi connectivity index (χ3n) is 1.54. The third kappa shape index (κ3) is 2.31. The van der Waals surface area contributed by atoms with Gasteiger partial charge in [-0.2, -0.15) is 18.3 Å². The number of nitrogens with zero attached hydrogens (tertiary/aromatic N) is 2. The van der Waals surface area contributed by atoms with E-state index in [1.54, 1.807) is 0 Å². The maximum absolute atomic E-state index is 12.2. The number of aryl methyl sites for hydroxylation is 1. The summed E-state index contributed by atoms with van der Waals surface area (Å²) in [7, 11) is 1.33. The number of nitrogens with two attached hydrogens (primary N) is 1. The fraction of sp³-hybridized carbons (Fsp3) is 0.500. The normalized spacial score (nSPS) is 11.3. The van der Waals surface area contributed by atoms with E-state index in [1.807, 2.05) is 0 Å². The van der Waals surface area contributed by atoms with Crippen LogP contribution in [-0.4, -0.2) is 9.78 Å². The number of hydrogen-bond acceptors (Lipinski definition) is 2. The van der Waals surface area contributed by atoms with Gasteiger partial charge in [0.2, 0.25) is 0 Å². The summed E-state index contributed by atoms with van der Waals surface area (Å²) in [6.45, 7) is -0.276. The lowest BCUT2D eigenvalue weighted by atomic mass is 10.2. The first-order valence-corrected chi connectivity index (χ1v) is 3.74. The van der Waals surface area contributed by atoms with Crippen molar-refractivity contribution in [2.75, 3.05) is 0 Å². The van der Waals surface area contributed by atoms with Gasteiger partial charge in [-0.3, -0.25) is 4.68 Å². The molecule has 82 valence electrons. The summed E-state index contributed by atoms with van der Waals surface area (Å²) in [5.41, 5.74) is 3.94. The van der Waals surface area contributed by atoms with E-state index < -0.39 is 11.9 Å². The summed E-state index contributed by atoms with van der Waals surface area (Å²) in [5, 5.41) is 3.16. The van der Waals surface area contributed by atoms with Crippen molar-refractivity contribution in [3.8, 4) is 0 Å². The summed E-state index contributed by atoms with van der Waals surface area (Å²) in [4.78, 5) is 0. The van der Waals surface area contributed by atoms with Crippen molar-refractivity contribution >= 4 is 24.0 Å². The van der Waals surface area contributed by atoms with Crippen LogP contribution in [0.3, 0.4) is 0 Å². The van der Waals surface area contributed by atoms with E-state index in [1.165, 1.54) is 7.05 Å². The molecule has 0 aromatic carbocycles. The topological polar surface area (TPSA) is 43.8 Å². The molecule has 1 rings (SSSR count).